The topological polar surface area (TPSA) is 26.0 Å². The van der Waals surface area contributed by atoms with Crippen molar-refractivity contribution >= 4 is 64.4 Å². The third kappa shape index (κ3) is 1.52. The monoisotopic (exact) mass is 325 g/mol. The van der Waals surface area contributed by atoms with Crippen molar-refractivity contribution in [2.45, 2.75) is 0 Å². The van der Waals surface area contributed by atoms with Gasteiger partial charge in [0.25, 0.3) is 0 Å². The fourth-order valence-corrected chi connectivity index (χ4v) is 4.77. The van der Waals surface area contributed by atoms with Crippen LogP contribution in [-0.2, 0) is 0 Å². The standard InChI is InChI=1S/C21H11NOS/c1-2-5-13-11-18-14(10-12(13)4-1)21-20-16(8-9-22-21)23-15-6-3-7-17(24-18)19(15)20/h1-11H. The molecular formula is C21H11NOS. The van der Waals surface area contributed by atoms with Crippen molar-refractivity contribution in [1.29, 1.82) is 0 Å². The van der Waals surface area contributed by atoms with E-state index >= 15 is 0 Å². The van der Waals surface area contributed by atoms with Gasteiger partial charge in [-0.1, -0.05) is 30.3 Å². The Kier molecular flexibility index (Phi) is 2.26. The fourth-order valence-electron chi connectivity index (χ4n) is 3.63. The quantitative estimate of drug-likeness (QED) is 0.318. The molecular weight excluding hydrogens is 314 g/mol. The molecule has 24 heavy (non-hydrogen) atoms. The predicted molar refractivity (Wildman–Crippen MR) is 102 cm³/mol. The molecule has 0 bridgehead atoms. The second kappa shape index (κ2) is 4.34. The van der Waals surface area contributed by atoms with Crippen LogP contribution in [-0.4, -0.2) is 4.98 Å². The minimum absolute atomic E-state index is 0.907. The van der Waals surface area contributed by atoms with Gasteiger partial charge < -0.3 is 4.42 Å². The van der Waals surface area contributed by atoms with Crippen LogP contribution in [0.25, 0.3) is 53.0 Å². The van der Waals surface area contributed by atoms with Gasteiger partial charge in [-0.25, -0.2) is 0 Å². The molecule has 3 heterocycles. The second-order valence-electron chi connectivity index (χ2n) is 6.06. The summed E-state index contributed by atoms with van der Waals surface area (Å²) in [6.45, 7) is 0. The molecule has 0 aliphatic rings. The van der Waals surface area contributed by atoms with Crippen molar-refractivity contribution in [1.82, 2.24) is 4.98 Å². The molecule has 6 rings (SSSR count). The number of rotatable bonds is 0. The van der Waals surface area contributed by atoms with Crippen molar-refractivity contribution in [3.63, 3.8) is 0 Å². The molecule has 0 amide bonds. The Bertz CT molecular complexity index is 1410. The molecule has 0 aliphatic carbocycles. The smallest absolute Gasteiger partial charge is 0.139 e. The molecule has 3 aromatic carbocycles. The van der Waals surface area contributed by atoms with Gasteiger partial charge in [0.15, 0.2) is 0 Å². The molecule has 0 aliphatic heterocycles. The number of fused-ring (bicyclic) bond motifs is 3. The van der Waals surface area contributed by atoms with Gasteiger partial charge in [0.1, 0.15) is 11.2 Å². The second-order valence-corrected chi connectivity index (χ2v) is 7.15. The summed E-state index contributed by atoms with van der Waals surface area (Å²) in [4.78, 5) is 4.73. The average molecular weight is 325 g/mol. The van der Waals surface area contributed by atoms with Gasteiger partial charge in [0, 0.05) is 26.4 Å². The fraction of sp³-hybridized carbons (Fsp3) is 0. The molecule has 3 heteroatoms. The molecule has 0 spiro atoms. The van der Waals surface area contributed by atoms with Crippen LogP contribution in [0.4, 0.5) is 0 Å². The maximum absolute atomic E-state index is 6.06. The van der Waals surface area contributed by atoms with E-state index in [9.17, 15) is 0 Å². The van der Waals surface area contributed by atoms with Gasteiger partial charge in [0.2, 0.25) is 0 Å². The summed E-state index contributed by atoms with van der Waals surface area (Å²) < 4.78 is 8.54. The maximum Gasteiger partial charge on any atom is 0.139 e. The van der Waals surface area contributed by atoms with E-state index in [2.05, 4.69) is 48.5 Å². The molecule has 0 radical (unpaired) electrons. The summed E-state index contributed by atoms with van der Waals surface area (Å²) in [6, 6.07) is 21.2. The Morgan fingerprint density at radius 2 is 1.58 bits per heavy atom. The van der Waals surface area contributed by atoms with Crippen LogP contribution in [0.5, 0.6) is 0 Å². The van der Waals surface area contributed by atoms with Crippen LogP contribution in [0.15, 0.2) is 71.3 Å². The molecule has 0 N–H and O–H groups in total. The number of benzene rings is 3. The highest BCUT2D eigenvalue weighted by Gasteiger charge is 2.15. The molecule has 0 unspecified atom stereocenters. The summed E-state index contributed by atoms with van der Waals surface area (Å²) >= 11 is 1.80. The van der Waals surface area contributed by atoms with Crippen molar-refractivity contribution in [3.05, 3.63) is 66.9 Å². The van der Waals surface area contributed by atoms with Crippen molar-refractivity contribution in [3.8, 4) is 0 Å². The molecule has 0 atom stereocenters. The van der Waals surface area contributed by atoms with E-state index < -0.39 is 0 Å². The van der Waals surface area contributed by atoms with Gasteiger partial charge in [-0.2, -0.15) is 0 Å². The van der Waals surface area contributed by atoms with Gasteiger partial charge >= 0.3 is 0 Å². The summed E-state index contributed by atoms with van der Waals surface area (Å²) in [6.07, 6.45) is 1.84. The average Bonchev–Trinajstić information content (AvgIpc) is 2.94. The normalized spacial score (nSPS) is 12.2. The molecule has 0 saturated heterocycles. The van der Waals surface area contributed by atoms with E-state index in [1.807, 2.05) is 18.3 Å². The van der Waals surface area contributed by atoms with E-state index in [0.29, 0.717) is 0 Å². The van der Waals surface area contributed by atoms with Crippen molar-refractivity contribution < 1.29 is 4.42 Å². The van der Waals surface area contributed by atoms with Crippen molar-refractivity contribution in [2.75, 3.05) is 0 Å². The minimum Gasteiger partial charge on any atom is -0.456 e. The Labute approximate surface area is 140 Å². The lowest BCUT2D eigenvalue weighted by Crippen LogP contribution is -1.78. The third-order valence-electron chi connectivity index (χ3n) is 4.69. The first-order valence-electron chi connectivity index (χ1n) is 7.90. The largest absolute Gasteiger partial charge is 0.456 e. The molecule has 0 fully saturated rings. The first-order valence-corrected chi connectivity index (χ1v) is 8.71. The highest BCUT2D eigenvalue weighted by molar-refractivity contribution is 7.24. The summed E-state index contributed by atoms with van der Waals surface area (Å²) in [5.41, 5.74) is 2.86. The van der Waals surface area contributed by atoms with Crippen LogP contribution in [0.1, 0.15) is 0 Å². The summed E-state index contributed by atoms with van der Waals surface area (Å²) in [7, 11) is 0. The van der Waals surface area contributed by atoms with Crippen LogP contribution >= 0.6 is 11.3 Å². The Morgan fingerprint density at radius 1 is 0.750 bits per heavy atom. The third-order valence-corrected chi connectivity index (χ3v) is 5.81. The summed E-state index contributed by atoms with van der Waals surface area (Å²) in [5, 5.41) is 5.99. The van der Waals surface area contributed by atoms with Crippen LogP contribution in [0.2, 0.25) is 0 Å². The van der Waals surface area contributed by atoms with Gasteiger partial charge in [-0.3, -0.25) is 4.98 Å². The molecule has 0 saturated carbocycles. The zero-order chi connectivity index (χ0) is 15.7. The maximum atomic E-state index is 6.06. The Balaban J connectivity index is 2.04. The lowest BCUT2D eigenvalue weighted by atomic mass is 10.1. The number of aromatic nitrogens is 1. The Morgan fingerprint density at radius 3 is 2.50 bits per heavy atom. The number of hydrogen-bond acceptors (Lipinski definition) is 3. The predicted octanol–water partition coefficient (Wildman–Crippen LogP) is 6.50. The zero-order valence-electron chi connectivity index (χ0n) is 12.6. The van der Waals surface area contributed by atoms with E-state index in [1.54, 1.807) is 11.3 Å². The van der Waals surface area contributed by atoms with Gasteiger partial charge in [-0.05, 0) is 41.1 Å². The van der Waals surface area contributed by atoms with E-state index in [-0.39, 0.29) is 0 Å². The van der Waals surface area contributed by atoms with E-state index in [0.717, 1.165) is 22.1 Å². The number of pyridine rings is 1. The van der Waals surface area contributed by atoms with Crippen molar-refractivity contribution in [2.24, 2.45) is 0 Å². The minimum atomic E-state index is 0.907. The first-order chi connectivity index (χ1) is 11.9. The van der Waals surface area contributed by atoms with Crippen LogP contribution in [0.3, 0.4) is 0 Å². The molecule has 2 nitrogen and oxygen atoms in total. The van der Waals surface area contributed by atoms with Crippen LogP contribution in [0, 0.1) is 0 Å². The highest BCUT2D eigenvalue weighted by atomic mass is 32.1. The molecule has 6 aromatic rings. The highest BCUT2D eigenvalue weighted by Crippen LogP contribution is 2.41. The first kappa shape index (κ1) is 12.5. The number of furan rings is 1. The molecule has 3 aromatic heterocycles. The Hall–Kier alpha value is -2.91. The van der Waals surface area contributed by atoms with Crippen LogP contribution < -0.4 is 0 Å². The van der Waals surface area contributed by atoms with Gasteiger partial charge in [-0.15, -0.1) is 11.3 Å². The number of nitrogens with zero attached hydrogens (tertiary/aromatic N) is 1. The lowest BCUT2D eigenvalue weighted by molar-refractivity contribution is 0.669. The van der Waals surface area contributed by atoms with Gasteiger partial charge in [0.05, 0.1) is 10.9 Å². The number of hydrogen-bond donors (Lipinski definition) is 0. The van der Waals surface area contributed by atoms with E-state index in [4.69, 9.17) is 9.40 Å². The molecule has 112 valence electrons. The lowest BCUT2D eigenvalue weighted by Gasteiger charge is -2.01. The summed E-state index contributed by atoms with van der Waals surface area (Å²) in [5.74, 6) is 0. The zero-order valence-corrected chi connectivity index (χ0v) is 13.4. The van der Waals surface area contributed by atoms with E-state index in [1.165, 1.54) is 30.9 Å². The SMILES string of the molecule is c1ccc2cc3c(cc2c1)sc1cccc2oc4ccnc3c4c21.